The Balaban J connectivity index is 1.87. The van der Waals surface area contributed by atoms with Crippen molar-refractivity contribution < 1.29 is 0 Å². The third-order valence-corrected chi connectivity index (χ3v) is 3.82. The second-order valence-electron chi connectivity index (χ2n) is 5.38. The molecule has 1 fully saturated rings. The van der Waals surface area contributed by atoms with Crippen LogP contribution in [-0.4, -0.2) is 12.1 Å². The van der Waals surface area contributed by atoms with Gasteiger partial charge in [0.25, 0.3) is 0 Å². The maximum Gasteiger partial charge on any atom is 0.0672 e. The molecule has 0 saturated heterocycles. The van der Waals surface area contributed by atoms with Crippen LogP contribution in [0.25, 0.3) is 0 Å². The summed E-state index contributed by atoms with van der Waals surface area (Å²) in [7, 11) is 0. The fraction of sp³-hybridized carbons (Fsp3) is 0.562. The molecular formula is C16H22N2. The SMILES string of the molecule is CC(Cc1ccccc1)NC1CCCCC1C#N. The molecule has 0 radical (unpaired) electrons. The molecule has 2 rings (SSSR count). The van der Waals surface area contributed by atoms with Crippen molar-refractivity contribution in [1.29, 1.82) is 5.26 Å². The lowest BCUT2D eigenvalue weighted by Crippen LogP contribution is -2.43. The monoisotopic (exact) mass is 242 g/mol. The molecule has 18 heavy (non-hydrogen) atoms. The summed E-state index contributed by atoms with van der Waals surface area (Å²) in [6.45, 7) is 2.22. The van der Waals surface area contributed by atoms with Crippen LogP contribution in [0.1, 0.15) is 38.2 Å². The molecule has 2 heteroatoms. The van der Waals surface area contributed by atoms with Crippen molar-refractivity contribution in [1.82, 2.24) is 5.32 Å². The van der Waals surface area contributed by atoms with Crippen molar-refractivity contribution >= 4 is 0 Å². The minimum atomic E-state index is 0.206. The van der Waals surface area contributed by atoms with Crippen LogP contribution in [0.3, 0.4) is 0 Å². The van der Waals surface area contributed by atoms with Crippen molar-refractivity contribution in [2.75, 3.05) is 0 Å². The topological polar surface area (TPSA) is 35.8 Å². The maximum atomic E-state index is 9.17. The quantitative estimate of drug-likeness (QED) is 0.879. The summed E-state index contributed by atoms with van der Waals surface area (Å²) >= 11 is 0. The molecule has 1 saturated carbocycles. The molecule has 96 valence electrons. The first-order chi connectivity index (χ1) is 8.79. The number of nitrogens with one attached hydrogen (secondary N) is 1. The average Bonchev–Trinajstić information content (AvgIpc) is 2.40. The van der Waals surface area contributed by atoms with Gasteiger partial charge in [0, 0.05) is 12.1 Å². The molecule has 1 aromatic rings. The van der Waals surface area contributed by atoms with Gasteiger partial charge >= 0.3 is 0 Å². The van der Waals surface area contributed by atoms with Gasteiger partial charge in [-0.1, -0.05) is 43.2 Å². The molecule has 0 bridgehead atoms. The maximum absolute atomic E-state index is 9.17. The number of nitrogens with zero attached hydrogens (tertiary/aromatic N) is 1. The first kappa shape index (κ1) is 13.1. The molecule has 0 aliphatic heterocycles. The number of hydrogen-bond acceptors (Lipinski definition) is 2. The lowest BCUT2D eigenvalue weighted by Gasteiger charge is -2.30. The number of benzene rings is 1. The number of rotatable bonds is 4. The third kappa shape index (κ3) is 3.58. The second-order valence-corrected chi connectivity index (χ2v) is 5.38. The van der Waals surface area contributed by atoms with Crippen LogP contribution in [0.15, 0.2) is 30.3 Å². The first-order valence-electron chi connectivity index (χ1n) is 6.99. The van der Waals surface area contributed by atoms with E-state index in [0.717, 1.165) is 19.3 Å². The van der Waals surface area contributed by atoms with E-state index in [1.54, 1.807) is 0 Å². The van der Waals surface area contributed by atoms with E-state index in [1.165, 1.54) is 18.4 Å². The standard InChI is InChI=1S/C16H22N2/c1-13(11-14-7-3-2-4-8-14)18-16-10-6-5-9-15(16)12-17/h2-4,7-8,13,15-16,18H,5-6,9-11H2,1H3. The van der Waals surface area contributed by atoms with Crippen molar-refractivity contribution in [2.45, 2.75) is 51.1 Å². The van der Waals surface area contributed by atoms with Crippen LogP contribution in [0.4, 0.5) is 0 Å². The fourth-order valence-electron chi connectivity index (χ4n) is 2.88. The Morgan fingerprint density at radius 3 is 2.72 bits per heavy atom. The van der Waals surface area contributed by atoms with Gasteiger partial charge in [-0.15, -0.1) is 0 Å². The molecule has 0 heterocycles. The van der Waals surface area contributed by atoms with Gasteiger partial charge in [-0.25, -0.2) is 0 Å². The third-order valence-electron chi connectivity index (χ3n) is 3.82. The lowest BCUT2D eigenvalue weighted by atomic mass is 9.85. The Morgan fingerprint density at radius 2 is 2.00 bits per heavy atom. The second kappa shape index (κ2) is 6.56. The Morgan fingerprint density at radius 1 is 1.28 bits per heavy atom. The van der Waals surface area contributed by atoms with Crippen molar-refractivity contribution in [3.63, 3.8) is 0 Å². The molecule has 1 aliphatic rings. The molecular weight excluding hydrogens is 220 g/mol. The minimum absolute atomic E-state index is 0.206. The molecule has 0 spiro atoms. The van der Waals surface area contributed by atoms with Gasteiger partial charge in [0.15, 0.2) is 0 Å². The molecule has 0 aromatic heterocycles. The summed E-state index contributed by atoms with van der Waals surface area (Å²) in [4.78, 5) is 0. The van der Waals surface area contributed by atoms with Gasteiger partial charge in [0.05, 0.1) is 12.0 Å². The Bertz CT molecular complexity index is 393. The largest absolute Gasteiger partial charge is 0.310 e. The molecule has 1 aromatic carbocycles. The van der Waals surface area contributed by atoms with E-state index in [2.05, 4.69) is 48.6 Å². The normalized spacial score (nSPS) is 25.3. The van der Waals surface area contributed by atoms with Crippen LogP contribution in [-0.2, 0) is 6.42 Å². The first-order valence-corrected chi connectivity index (χ1v) is 6.99. The molecule has 1 N–H and O–H groups in total. The molecule has 3 unspecified atom stereocenters. The van der Waals surface area contributed by atoms with Gasteiger partial charge in [-0.3, -0.25) is 0 Å². The van der Waals surface area contributed by atoms with Crippen LogP contribution < -0.4 is 5.32 Å². The highest BCUT2D eigenvalue weighted by Crippen LogP contribution is 2.24. The Labute approximate surface area is 110 Å². The van der Waals surface area contributed by atoms with Gasteiger partial charge in [0.2, 0.25) is 0 Å². The van der Waals surface area contributed by atoms with E-state index in [0.29, 0.717) is 12.1 Å². The van der Waals surface area contributed by atoms with E-state index in [1.807, 2.05) is 0 Å². The van der Waals surface area contributed by atoms with Crippen molar-refractivity contribution in [3.05, 3.63) is 35.9 Å². The highest BCUT2D eigenvalue weighted by Gasteiger charge is 2.25. The summed E-state index contributed by atoms with van der Waals surface area (Å²) < 4.78 is 0. The van der Waals surface area contributed by atoms with Crippen molar-refractivity contribution in [2.24, 2.45) is 5.92 Å². The van der Waals surface area contributed by atoms with Crippen LogP contribution in [0.2, 0.25) is 0 Å². The number of nitriles is 1. The van der Waals surface area contributed by atoms with Crippen LogP contribution in [0, 0.1) is 17.2 Å². The van der Waals surface area contributed by atoms with E-state index >= 15 is 0 Å². The highest BCUT2D eigenvalue weighted by atomic mass is 15.0. The summed E-state index contributed by atoms with van der Waals surface area (Å²) in [6, 6.07) is 13.8. The Hall–Kier alpha value is -1.33. The number of hydrogen-bond donors (Lipinski definition) is 1. The van der Waals surface area contributed by atoms with Crippen LogP contribution in [0.5, 0.6) is 0 Å². The average molecular weight is 242 g/mol. The zero-order valence-electron chi connectivity index (χ0n) is 11.1. The summed E-state index contributed by atoms with van der Waals surface area (Å²) in [6.07, 6.45) is 5.72. The predicted octanol–water partition coefficient (Wildman–Crippen LogP) is 3.29. The zero-order chi connectivity index (χ0) is 12.8. The van der Waals surface area contributed by atoms with Gasteiger partial charge in [-0.05, 0) is 31.7 Å². The Kier molecular flexibility index (Phi) is 4.78. The summed E-state index contributed by atoms with van der Waals surface area (Å²) in [5.41, 5.74) is 1.36. The van der Waals surface area contributed by atoms with Gasteiger partial charge in [0.1, 0.15) is 0 Å². The molecule has 0 amide bonds. The summed E-state index contributed by atoms with van der Waals surface area (Å²) in [5.74, 6) is 0.206. The lowest BCUT2D eigenvalue weighted by molar-refractivity contribution is 0.290. The van der Waals surface area contributed by atoms with E-state index in [4.69, 9.17) is 0 Å². The summed E-state index contributed by atoms with van der Waals surface area (Å²) in [5, 5.41) is 12.8. The van der Waals surface area contributed by atoms with E-state index in [-0.39, 0.29) is 5.92 Å². The predicted molar refractivity (Wildman–Crippen MR) is 74.1 cm³/mol. The smallest absolute Gasteiger partial charge is 0.0672 e. The molecule has 2 nitrogen and oxygen atoms in total. The van der Waals surface area contributed by atoms with Gasteiger partial charge in [-0.2, -0.15) is 5.26 Å². The van der Waals surface area contributed by atoms with Gasteiger partial charge < -0.3 is 5.32 Å². The fourth-order valence-corrected chi connectivity index (χ4v) is 2.88. The highest BCUT2D eigenvalue weighted by molar-refractivity contribution is 5.15. The zero-order valence-corrected chi connectivity index (χ0v) is 11.1. The van der Waals surface area contributed by atoms with E-state index in [9.17, 15) is 5.26 Å². The minimum Gasteiger partial charge on any atom is -0.310 e. The molecule has 3 atom stereocenters. The molecule has 1 aliphatic carbocycles. The van der Waals surface area contributed by atoms with Crippen LogP contribution >= 0.6 is 0 Å². The van der Waals surface area contributed by atoms with E-state index < -0.39 is 0 Å². The van der Waals surface area contributed by atoms with Crippen molar-refractivity contribution in [3.8, 4) is 6.07 Å².